The molecule has 15 heavy (non-hydrogen) atoms. The van der Waals surface area contributed by atoms with Crippen molar-refractivity contribution in [1.82, 2.24) is 14.8 Å². The Bertz CT molecular complexity index is 306. The first-order valence-electron chi connectivity index (χ1n) is 5.77. The van der Waals surface area contributed by atoms with Crippen LogP contribution in [0, 0.1) is 12.8 Å². The molecule has 0 aromatic carbocycles. The van der Waals surface area contributed by atoms with Crippen molar-refractivity contribution in [3.05, 3.63) is 11.6 Å². The zero-order chi connectivity index (χ0) is 11.4. The first-order chi connectivity index (χ1) is 7.11. The van der Waals surface area contributed by atoms with Crippen LogP contribution in [0.4, 0.5) is 0 Å². The third-order valence-corrected chi connectivity index (χ3v) is 2.97. The second-order valence-electron chi connectivity index (χ2n) is 4.17. The van der Waals surface area contributed by atoms with Gasteiger partial charge >= 0.3 is 0 Å². The molecule has 1 heterocycles. The van der Waals surface area contributed by atoms with E-state index >= 15 is 0 Å². The molecule has 0 aliphatic heterocycles. The van der Waals surface area contributed by atoms with Gasteiger partial charge in [-0.3, -0.25) is 0 Å². The van der Waals surface area contributed by atoms with E-state index in [1.165, 1.54) is 0 Å². The predicted octanol–water partition coefficient (Wildman–Crippen LogP) is 2.04. The van der Waals surface area contributed by atoms with Crippen molar-refractivity contribution in [3.8, 4) is 0 Å². The van der Waals surface area contributed by atoms with E-state index in [1.807, 2.05) is 6.92 Å². The summed E-state index contributed by atoms with van der Waals surface area (Å²) >= 11 is 0. The SMILES string of the molecule is CCCn1c(C)nnc1[C@@H](N)[C@@H](C)CC. The van der Waals surface area contributed by atoms with E-state index in [2.05, 4.69) is 35.5 Å². The first-order valence-corrected chi connectivity index (χ1v) is 5.77. The zero-order valence-electron chi connectivity index (χ0n) is 10.2. The molecule has 1 aromatic rings. The summed E-state index contributed by atoms with van der Waals surface area (Å²) in [6.45, 7) is 9.40. The number of aryl methyl sites for hydroxylation is 1. The van der Waals surface area contributed by atoms with E-state index in [4.69, 9.17) is 5.73 Å². The minimum atomic E-state index is 0.00255. The van der Waals surface area contributed by atoms with Crippen LogP contribution in [-0.2, 0) is 6.54 Å². The lowest BCUT2D eigenvalue weighted by Gasteiger charge is -2.18. The highest BCUT2D eigenvalue weighted by Crippen LogP contribution is 2.20. The molecule has 1 aromatic heterocycles. The molecule has 2 N–H and O–H groups in total. The second kappa shape index (κ2) is 5.26. The van der Waals surface area contributed by atoms with Gasteiger partial charge in [-0.25, -0.2) is 0 Å². The van der Waals surface area contributed by atoms with Crippen molar-refractivity contribution in [2.24, 2.45) is 11.7 Å². The standard InChI is InChI=1S/C11H22N4/c1-5-7-15-9(4)13-14-11(15)10(12)8(3)6-2/h8,10H,5-7,12H2,1-4H3/t8-,10-/m0/s1. The Labute approximate surface area is 91.9 Å². The average Bonchev–Trinajstić information content (AvgIpc) is 2.59. The molecule has 0 unspecified atom stereocenters. The summed E-state index contributed by atoms with van der Waals surface area (Å²) in [7, 11) is 0. The molecule has 0 bridgehead atoms. The fourth-order valence-electron chi connectivity index (χ4n) is 1.65. The van der Waals surface area contributed by atoms with E-state index < -0.39 is 0 Å². The predicted molar refractivity (Wildman–Crippen MR) is 61.4 cm³/mol. The fourth-order valence-corrected chi connectivity index (χ4v) is 1.65. The molecular formula is C11H22N4. The summed E-state index contributed by atoms with van der Waals surface area (Å²) in [6.07, 6.45) is 2.15. The second-order valence-corrected chi connectivity index (χ2v) is 4.17. The number of rotatable bonds is 5. The van der Waals surface area contributed by atoms with Crippen LogP contribution < -0.4 is 5.73 Å². The number of aromatic nitrogens is 3. The van der Waals surface area contributed by atoms with Crippen LogP contribution in [-0.4, -0.2) is 14.8 Å². The highest BCUT2D eigenvalue weighted by Gasteiger charge is 2.20. The Morgan fingerprint density at radius 2 is 2.00 bits per heavy atom. The maximum absolute atomic E-state index is 6.17. The first kappa shape index (κ1) is 12.2. The molecule has 0 spiro atoms. The molecule has 0 saturated heterocycles. The molecule has 0 saturated carbocycles. The zero-order valence-corrected chi connectivity index (χ0v) is 10.2. The van der Waals surface area contributed by atoms with E-state index in [9.17, 15) is 0 Å². The van der Waals surface area contributed by atoms with Gasteiger partial charge in [0.1, 0.15) is 11.6 Å². The van der Waals surface area contributed by atoms with Gasteiger partial charge in [-0.05, 0) is 19.3 Å². The molecule has 4 nitrogen and oxygen atoms in total. The smallest absolute Gasteiger partial charge is 0.150 e. The quantitative estimate of drug-likeness (QED) is 0.809. The highest BCUT2D eigenvalue weighted by atomic mass is 15.3. The highest BCUT2D eigenvalue weighted by molar-refractivity contribution is 5.00. The van der Waals surface area contributed by atoms with Crippen LogP contribution in [0.3, 0.4) is 0 Å². The van der Waals surface area contributed by atoms with Gasteiger partial charge in [0.2, 0.25) is 0 Å². The third kappa shape index (κ3) is 2.56. The largest absolute Gasteiger partial charge is 0.321 e. The lowest BCUT2D eigenvalue weighted by Crippen LogP contribution is -2.23. The summed E-state index contributed by atoms with van der Waals surface area (Å²) < 4.78 is 2.14. The van der Waals surface area contributed by atoms with Gasteiger partial charge in [0.25, 0.3) is 0 Å². The van der Waals surface area contributed by atoms with Gasteiger partial charge in [-0.1, -0.05) is 27.2 Å². The van der Waals surface area contributed by atoms with Crippen molar-refractivity contribution in [2.75, 3.05) is 0 Å². The number of nitrogens with two attached hydrogens (primary N) is 1. The van der Waals surface area contributed by atoms with Crippen LogP contribution in [0.15, 0.2) is 0 Å². The van der Waals surface area contributed by atoms with E-state index in [1.54, 1.807) is 0 Å². The van der Waals surface area contributed by atoms with Crippen molar-refractivity contribution in [3.63, 3.8) is 0 Å². The monoisotopic (exact) mass is 210 g/mol. The lowest BCUT2D eigenvalue weighted by atomic mass is 9.99. The average molecular weight is 210 g/mol. The number of nitrogens with zero attached hydrogens (tertiary/aromatic N) is 3. The maximum Gasteiger partial charge on any atom is 0.150 e. The van der Waals surface area contributed by atoms with Gasteiger partial charge in [-0.2, -0.15) is 0 Å². The Kier molecular flexibility index (Phi) is 4.27. The Balaban J connectivity index is 2.92. The molecule has 4 heteroatoms. The van der Waals surface area contributed by atoms with Gasteiger partial charge < -0.3 is 10.3 Å². The van der Waals surface area contributed by atoms with E-state index in [-0.39, 0.29) is 6.04 Å². The molecular weight excluding hydrogens is 188 g/mol. The topological polar surface area (TPSA) is 56.7 Å². The van der Waals surface area contributed by atoms with Crippen molar-refractivity contribution < 1.29 is 0 Å². The van der Waals surface area contributed by atoms with Crippen LogP contribution in [0.5, 0.6) is 0 Å². The Morgan fingerprint density at radius 1 is 1.33 bits per heavy atom. The normalized spacial score (nSPS) is 15.3. The van der Waals surface area contributed by atoms with Crippen molar-refractivity contribution in [1.29, 1.82) is 0 Å². The van der Waals surface area contributed by atoms with Crippen LogP contribution in [0.2, 0.25) is 0 Å². The molecule has 0 aliphatic carbocycles. The summed E-state index contributed by atoms with van der Waals surface area (Å²) in [4.78, 5) is 0. The van der Waals surface area contributed by atoms with Gasteiger partial charge in [-0.15, -0.1) is 10.2 Å². The van der Waals surface area contributed by atoms with Crippen LogP contribution in [0.1, 0.15) is 51.3 Å². The Morgan fingerprint density at radius 3 is 2.53 bits per heavy atom. The maximum atomic E-state index is 6.17. The molecule has 0 fully saturated rings. The van der Waals surface area contributed by atoms with Crippen molar-refractivity contribution in [2.45, 2.75) is 53.1 Å². The van der Waals surface area contributed by atoms with Gasteiger partial charge in [0.15, 0.2) is 0 Å². The molecule has 0 radical (unpaired) electrons. The number of hydrogen-bond donors (Lipinski definition) is 1. The van der Waals surface area contributed by atoms with E-state index in [0.29, 0.717) is 5.92 Å². The fraction of sp³-hybridized carbons (Fsp3) is 0.818. The minimum Gasteiger partial charge on any atom is -0.321 e. The Hall–Kier alpha value is -0.900. The summed E-state index contributed by atoms with van der Waals surface area (Å²) in [5.74, 6) is 2.35. The van der Waals surface area contributed by atoms with Gasteiger partial charge in [0, 0.05) is 6.54 Å². The third-order valence-electron chi connectivity index (χ3n) is 2.97. The minimum absolute atomic E-state index is 0.00255. The molecule has 0 amide bonds. The summed E-state index contributed by atoms with van der Waals surface area (Å²) in [6, 6.07) is 0.00255. The summed E-state index contributed by atoms with van der Waals surface area (Å²) in [5.41, 5.74) is 6.17. The molecule has 2 atom stereocenters. The van der Waals surface area contributed by atoms with Crippen molar-refractivity contribution >= 4 is 0 Å². The lowest BCUT2D eigenvalue weighted by molar-refractivity contribution is 0.419. The molecule has 0 aliphatic rings. The molecule has 1 rings (SSSR count). The van der Waals surface area contributed by atoms with Crippen LogP contribution in [0.25, 0.3) is 0 Å². The van der Waals surface area contributed by atoms with Crippen LogP contribution >= 0.6 is 0 Å². The molecule has 86 valence electrons. The summed E-state index contributed by atoms with van der Waals surface area (Å²) in [5, 5.41) is 8.30. The number of hydrogen-bond acceptors (Lipinski definition) is 3. The van der Waals surface area contributed by atoms with E-state index in [0.717, 1.165) is 31.0 Å². The van der Waals surface area contributed by atoms with Gasteiger partial charge in [0.05, 0.1) is 6.04 Å².